The molecule has 2 N–H and O–H groups in total. The standard InChI is InChI=1S/C15H26BrN3/c1-11-15(16)14(19(2)18-11)10-13(17)9-12-7-5-3-4-6-8-12/h12-13H,3-10,17H2,1-2H3. The molecular weight excluding hydrogens is 302 g/mol. The lowest BCUT2D eigenvalue weighted by Crippen LogP contribution is -2.27. The molecule has 0 spiro atoms. The molecule has 4 heteroatoms. The van der Waals surface area contributed by atoms with Crippen molar-refractivity contribution >= 4 is 15.9 Å². The Bertz CT molecular complexity index is 406. The molecule has 1 aromatic heterocycles. The Hall–Kier alpha value is -0.350. The Labute approximate surface area is 125 Å². The van der Waals surface area contributed by atoms with Crippen LogP contribution in [0.2, 0.25) is 0 Å². The summed E-state index contributed by atoms with van der Waals surface area (Å²) in [5.41, 5.74) is 8.66. The Balaban J connectivity index is 1.91. The van der Waals surface area contributed by atoms with Crippen molar-refractivity contribution in [2.75, 3.05) is 0 Å². The molecule has 19 heavy (non-hydrogen) atoms. The second kappa shape index (κ2) is 6.89. The van der Waals surface area contributed by atoms with Gasteiger partial charge in [-0.2, -0.15) is 5.10 Å². The minimum absolute atomic E-state index is 0.259. The molecular formula is C15H26BrN3. The van der Waals surface area contributed by atoms with Crippen molar-refractivity contribution in [2.45, 2.75) is 64.3 Å². The van der Waals surface area contributed by atoms with Gasteiger partial charge in [0, 0.05) is 19.5 Å². The number of halogens is 1. The molecule has 1 atom stereocenters. The second-order valence-corrected chi connectivity index (χ2v) is 6.82. The third-order valence-electron chi connectivity index (χ3n) is 4.33. The maximum absolute atomic E-state index is 6.37. The van der Waals surface area contributed by atoms with Gasteiger partial charge in [0.15, 0.2) is 0 Å². The van der Waals surface area contributed by atoms with Gasteiger partial charge in [-0.15, -0.1) is 0 Å². The molecule has 0 aliphatic heterocycles. The van der Waals surface area contributed by atoms with E-state index in [1.165, 1.54) is 44.2 Å². The fourth-order valence-electron chi connectivity index (χ4n) is 3.26. The first kappa shape index (κ1) is 15.0. The van der Waals surface area contributed by atoms with Crippen LogP contribution in [0.15, 0.2) is 4.47 Å². The first-order chi connectivity index (χ1) is 9.08. The molecule has 3 nitrogen and oxygen atoms in total. The Morgan fingerprint density at radius 3 is 2.47 bits per heavy atom. The van der Waals surface area contributed by atoms with Gasteiger partial charge < -0.3 is 5.73 Å². The molecule has 1 aromatic rings. The van der Waals surface area contributed by atoms with Gasteiger partial charge in [0.1, 0.15) is 0 Å². The first-order valence-corrected chi connectivity index (χ1v) is 8.30. The van der Waals surface area contributed by atoms with Gasteiger partial charge in [0.25, 0.3) is 0 Å². The summed E-state index contributed by atoms with van der Waals surface area (Å²) in [6, 6.07) is 0.259. The van der Waals surface area contributed by atoms with Crippen molar-refractivity contribution in [2.24, 2.45) is 18.7 Å². The topological polar surface area (TPSA) is 43.8 Å². The minimum atomic E-state index is 0.259. The van der Waals surface area contributed by atoms with E-state index in [1.807, 2.05) is 18.7 Å². The lowest BCUT2D eigenvalue weighted by Gasteiger charge is -2.19. The van der Waals surface area contributed by atoms with Crippen molar-refractivity contribution in [1.82, 2.24) is 9.78 Å². The number of rotatable bonds is 4. The average Bonchev–Trinajstić information content (AvgIpc) is 2.60. The highest BCUT2D eigenvalue weighted by atomic mass is 79.9. The van der Waals surface area contributed by atoms with E-state index >= 15 is 0 Å². The van der Waals surface area contributed by atoms with Crippen LogP contribution >= 0.6 is 15.9 Å². The van der Waals surface area contributed by atoms with Gasteiger partial charge in [0.05, 0.1) is 15.9 Å². The van der Waals surface area contributed by atoms with Crippen LogP contribution in [0.5, 0.6) is 0 Å². The Kier molecular flexibility index (Phi) is 5.46. The summed E-state index contributed by atoms with van der Waals surface area (Å²) in [6.07, 6.45) is 10.5. The molecule has 1 aliphatic rings. The quantitative estimate of drug-likeness (QED) is 0.856. The molecule has 1 fully saturated rings. The van der Waals surface area contributed by atoms with Crippen LogP contribution in [0.4, 0.5) is 0 Å². The molecule has 0 radical (unpaired) electrons. The van der Waals surface area contributed by atoms with E-state index in [1.54, 1.807) is 0 Å². The highest BCUT2D eigenvalue weighted by Gasteiger charge is 2.19. The average molecular weight is 328 g/mol. The van der Waals surface area contributed by atoms with Crippen LogP contribution in [-0.4, -0.2) is 15.8 Å². The van der Waals surface area contributed by atoms with Crippen molar-refractivity contribution in [3.8, 4) is 0 Å². The highest BCUT2D eigenvalue weighted by molar-refractivity contribution is 9.10. The van der Waals surface area contributed by atoms with Gasteiger partial charge in [-0.3, -0.25) is 4.68 Å². The van der Waals surface area contributed by atoms with Gasteiger partial charge in [-0.05, 0) is 35.2 Å². The van der Waals surface area contributed by atoms with E-state index in [4.69, 9.17) is 5.73 Å². The normalized spacial score (nSPS) is 19.4. The van der Waals surface area contributed by atoms with Gasteiger partial charge >= 0.3 is 0 Å². The maximum atomic E-state index is 6.37. The summed E-state index contributed by atoms with van der Waals surface area (Å²) < 4.78 is 3.10. The van der Waals surface area contributed by atoms with E-state index in [-0.39, 0.29) is 6.04 Å². The van der Waals surface area contributed by atoms with E-state index in [2.05, 4.69) is 21.0 Å². The summed E-state index contributed by atoms with van der Waals surface area (Å²) >= 11 is 3.63. The summed E-state index contributed by atoms with van der Waals surface area (Å²) in [5.74, 6) is 0.839. The van der Waals surface area contributed by atoms with E-state index in [0.717, 1.165) is 28.9 Å². The van der Waals surface area contributed by atoms with Gasteiger partial charge in [-0.25, -0.2) is 0 Å². The number of aromatic nitrogens is 2. The van der Waals surface area contributed by atoms with Crippen molar-refractivity contribution < 1.29 is 0 Å². The summed E-state index contributed by atoms with van der Waals surface area (Å²) in [5, 5.41) is 4.44. The molecule has 2 rings (SSSR count). The Morgan fingerprint density at radius 1 is 1.32 bits per heavy atom. The molecule has 0 bridgehead atoms. The third kappa shape index (κ3) is 4.06. The summed E-state index contributed by atoms with van der Waals surface area (Å²) in [7, 11) is 2.01. The lowest BCUT2D eigenvalue weighted by molar-refractivity contribution is 0.384. The Morgan fingerprint density at radius 2 is 1.95 bits per heavy atom. The molecule has 0 amide bonds. The summed E-state index contributed by atoms with van der Waals surface area (Å²) in [4.78, 5) is 0. The summed E-state index contributed by atoms with van der Waals surface area (Å²) in [6.45, 7) is 2.03. The maximum Gasteiger partial charge on any atom is 0.0738 e. The largest absolute Gasteiger partial charge is 0.327 e. The number of hydrogen-bond acceptors (Lipinski definition) is 2. The molecule has 1 heterocycles. The predicted octanol–water partition coefficient (Wildman–Crippen LogP) is 3.72. The lowest BCUT2D eigenvalue weighted by atomic mass is 9.91. The van der Waals surface area contributed by atoms with Crippen molar-refractivity contribution in [1.29, 1.82) is 0 Å². The van der Waals surface area contributed by atoms with Crippen LogP contribution in [0.25, 0.3) is 0 Å². The molecule has 1 unspecified atom stereocenters. The smallest absolute Gasteiger partial charge is 0.0738 e. The molecule has 0 aromatic carbocycles. The third-order valence-corrected chi connectivity index (χ3v) is 5.36. The number of nitrogens with two attached hydrogens (primary N) is 1. The van der Waals surface area contributed by atoms with E-state index < -0.39 is 0 Å². The van der Waals surface area contributed by atoms with E-state index in [9.17, 15) is 0 Å². The highest BCUT2D eigenvalue weighted by Crippen LogP contribution is 2.28. The SMILES string of the molecule is Cc1nn(C)c(CC(N)CC2CCCCCC2)c1Br. The number of nitrogens with zero attached hydrogens (tertiary/aromatic N) is 2. The van der Waals surface area contributed by atoms with Crippen LogP contribution < -0.4 is 5.73 Å². The van der Waals surface area contributed by atoms with Gasteiger partial charge in [0.2, 0.25) is 0 Å². The number of aryl methyl sites for hydroxylation is 2. The van der Waals surface area contributed by atoms with Crippen molar-refractivity contribution in [3.05, 3.63) is 15.9 Å². The van der Waals surface area contributed by atoms with Crippen LogP contribution in [0.3, 0.4) is 0 Å². The zero-order valence-electron chi connectivity index (χ0n) is 12.2. The molecule has 108 valence electrons. The number of hydrogen-bond donors (Lipinski definition) is 1. The van der Waals surface area contributed by atoms with Crippen LogP contribution in [-0.2, 0) is 13.5 Å². The fraction of sp³-hybridized carbons (Fsp3) is 0.800. The minimum Gasteiger partial charge on any atom is -0.327 e. The molecule has 1 aliphatic carbocycles. The van der Waals surface area contributed by atoms with Crippen LogP contribution in [0, 0.1) is 12.8 Å². The fourth-order valence-corrected chi connectivity index (χ4v) is 3.76. The second-order valence-electron chi connectivity index (χ2n) is 6.03. The molecule has 0 saturated heterocycles. The zero-order valence-corrected chi connectivity index (χ0v) is 13.7. The zero-order chi connectivity index (χ0) is 13.8. The van der Waals surface area contributed by atoms with Crippen molar-refractivity contribution in [3.63, 3.8) is 0 Å². The predicted molar refractivity (Wildman–Crippen MR) is 83.1 cm³/mol. The monoisotopic (exact) mass is 327 g/mol. The van der Waals surface area contributed by atoms with Crippen LogP contribution in [0.1, 0.15) is 56.3 Å². The van der Waals surface area contributed by atoms with E-state index in [0.29, 0.717) is 0 Å². The van der Waals surface area contributed by atoms with Gasteiger partial charge in [-0.1, -0.05) is 38.5 Å². The molecule has 1 saturated carbocycles. The first-order valence-electron chi connectivity index (χ1n) is 7.51.